The van der Waals surface area contributed by atoms with E-state index in [0.29, 0.717) is 12.1 Å². The first-order valence-corrected chi connectivity index (χ1v) is 11.1. The maximum Gasteiger partial charge on any atom is 0.422 e. The number of ether oxygens (including phenoxy) is 1. The molecular formula is C25H20ClF6NO5. The number of hydrogen-bond acceptors (Lipinski definition) is 4. The van der Waals surface area contributed by atoms with Crippen molar-refractivity contribution in [2.24, 2.45) is 7.05 Å². The lowest BCUT2D eigenvalue weighted by Gasteiger charge is -2.37. The van der Waals surface area contributed by atoms with Gasteiger partial charge in [0.05, 0.1) is 11.1 Å². The first kappa shape index (κ1) is 29.1. The van der Waals surface area contributed by atoms with E-state index in [9.17, 15) is 41.0 Å². The third-order valence-corrected chi connectivity index (χ3v) is 6.39. The van der Waals surface area contributed by atoms with Crippen molar-refractivity contribution in [3.05, 3.63) is 91.9 Å². The molecule has 0 saturated carbocycles. The highest BCUT2D eigenvalue weighted by molar-refractivity contribution is 6.31. The minimum Gasteiger partial charge on any atom is -0.478 e. The molecule has 13 heteroatoms. The Labute approximate surface area is 216 Å². The lowest BCUT2D eigenvalue weighted by molar-refractivity contribution is -0.274. The van der Waals surface area contributed by atoms with Gasteiger partial charge in [-0.15, -0.1) is 0 Å². The number of halogens is 7. The monoisotopic (exact) mass is 563 g/mol. The highest BCUT2D eigenvalue weighted by Crippen LogP contribution is 2.50. The molecule has 1 heterocycles. The maximum atomic E-state index is 14.3. The molecule has 0 radical (unpaired) electrons. The van der Waals surface area contributed by atoms with Gasteiger partial charge in [0.1, 0.15) is 11.5 Å². The summed E-state index contributed by atoms with van der Waals surface area (Å²) in [4.78, 5) is 23.1. The zero-order valence-corrected chi connectivity index (χ0v) is 20.7. The van der Waals surface area contributed by atoms with Crippen molar-refractivity contribution in [2.45, 2.75) is 37.7 Å². The van der Waals surface area contributed by atoms with Crippen LogP contribution in [0.3, 0.4) is 0 Å². The number of benzene rings is 2. The molecule has 3 rings (SSSR count). The summed E-state index contributed by atoms with van der Waals surface area (Å²) >= 11 is 6.22. The number of carbonyl (C=O) groups is 1. The summed E-state index contributed by atoms with van der Waals surface area (Å²) in [5.74, 6) is -4.05. The minimum absolute atomic E-state index is 0.0261. The predicted octanol–water partition coefficient (Wildman–Crippen LogP) is 6.41. The number of aliphatic hydroxyl groups is 1. The zero-order valence-electron chi connectivity index (χ0n) is 19.9. The predicted molar refractivity (Wildman–Crippen MR) is 125 cm³/mol. The van der Waals surface area contributed by atoms with E-state index in [2.05, 4.69) is 0 Å². The standard InChI is InChI=1S/C25H20ClF6NO5/c1-12-8-14(11-33(3)21(12)34)23(37,25(30,31)32)13(2)17-6-4-16(10-20(17)26)38-15-5-7-18(22(35)36)19(9-15)24(27,28)29/h4-11,13,37H,1-3H3,(H,35,36). The van der Waals surface area contributed by atoms with Gasteiger partial charge in [-0.2, -0.15) is 26.3 Å². The van der Waals surface area contributed by atoms with Gasteiger partial charge in [-0.25, -0.2) is 4.79 Å². The lowest BCUT2D eigenvalue weighted by atomic mass is 9.78. The minimum atomic E-state index is -5.20. The van der Waals surface area contributed by atoms with Gasteiger partial charge < -0.3 is 19.5 Å². The summed E-state index contributed by atoms with van der Waals surface area (Å²) in [5, 5.41) is 19.7. The Balaban J connectivity index is 2.02. The van der Waals surface area contributed by atoms with E-state index in [0.717, 1.165) is 48.0 Å². The number of carboxylic acids is 1. The molecule has 2 atom stereocenters. The van der Waals surface area contributed by atoms with Crippen LogP contribution >= 0.6 is 11.6 Å². The van der Waals surface area contributed by atoms with Crippen LogP contribution in [0.5, 0.6) is 11.5 Å². The fraction of sp³-hybridized carbons (Fsp3) is 0.280. The second-order valence-corrected chi connectivity index (χ2v) is 9.02. The van der Waals surface area contributed by atoms with Gasteiger partial charge >= 0.3 is 18.3 Å². The quantitative estimate of drug-likeness (QED) is 0.338. The van der Waals surface area contributed by atoms with E-state index in [4.69, 9.17) is 21.4 Å². The van der Waals surface area contributed by atoms with E-state index in [1.54, 1.807) is 0 Å². The number of nitrogens with zero attached hydrogens (tertiary/aromatic N) is 1. The van der Waals surface area contributed by atoms with Crippen molar-refractivity contribution in [2.75, 3.05) is 0 Å². The molecule has 204 valence electrons. The van der Waals surface area contributed by atoms with Crippen LogP contribution in [0.2, 0.25) is 5.02 Å². The lowest BCUT2D eigenvalue weighted by Crippen LogP contribution is -2.47. The average molecular weight is 564 g/mol. The Morgan fingerprint density at radius 3 is 2.11 bits per heavy atom. The fourth-order valence-electron chi connectivity index (χ4n) is 4.04. The molecular weight excluding hydrogens is 544 g/mol. The van der Waals surface area contributed by atoms with Gasteiger partial charge in [0.25, 0.3) is 5.56 Å². The first-order valence-electron chi connectivity index (χ1n) is 10.8. The number of rotatable bonds is 6. The van der Waals surface area contributed by atoms with E-state index in [1.165, 1.54) is 14.0 Å². The molecule has 3 aromatic rings. The second kappa shape index (κ2) is 9.99. The molecule has 38 heavy (non-hydrogen) atoms. The number of pyridine rings is 1. The Morgan fingerprint density at radius 1 is 1.03 bits per heavy atom. The molecule has 0 aliphatic carbocycles. The van der Waals surface area contributed by atoms with Crippen LogP contribution < -0.4 is 10.3 Å². The van der Waals surface area contributed by atoms with Crippen molar-refractivity contribution in [3.63, 3.8) is 0 Å². The summed E-state index contributed by atoms with van der Waals surface area (Å²) in [6.07, 6.45) is -9.32. The van der Waals surface area contributed by atoms with E-state index < -0.39 is 57.8 Å². The van der Waals surface area contributed by atoms with Crippen LogP contribution in [0.15, 0.2) is 53.5 Å². The topological polar surface area (TPSA) is 88.8 Å². The highest BCUT2D eigenvalue weighted by atomic mass is 35.5. The number of hydrogen-bond donors (Lipinski definition) is 2. The van der Waals surface area contributed by atoms with Crippen LogP contribution in [0.25, 0.3) is 0 Å². The summed E-state index contributed by atoms with van der Waals surface area (Å²) in [7, 11) is 1.24. The molecule has 0 saturated heterocycles. The third-order valence-electron chi connectivity index (χ3n) is 6.06. The molecule has 6 nitrogen and oxygen atoms in total. The summed E-state index contributed by atoms with van der Waals surface area (Å²) in [5.41, 5.74) is -7.25. The fourth-order valence-corrected chi connectivity index (χ4v) is 4.37. The molecule has 2 N–H and O–H groups in total. The van der Waals surface area contributed by atoms with Crippen LogP contribution in [0.1, 0.15) is 45.5 Å². The summed E-state index contributed by atoms with van der Waals surface area (Å²) < 4.78 is 88.9. The molecule has 0 bridgehead atoms. The maximum absolute atomic E-state index is 14.3. The summed E-state index contributed by atoms with van der Waals surface area (Å²) in [6, 6.07) is 6.40. The van der Waals surface area contributed by atoms with Crippen molar-refractivity contribution < 1.29 is 46.1 Å². The Kier molecular flexibility index (Phi) is 7.64. The van der Waals surface area contributed by atoms with Gasteiger partial charge in [0, 0.05) is 35.3 Å². The Hall–Kier alpha value is -3.51. The van der Waals surface area contributed by atoms with E-state index in [-0.39, 0.29) is 21.9 Å². The largest absolute Gasteiger partial charge is 0.478 e. The number of alkyl halides is 6. The molecule has 0 spiro atoms. The molecule has 0 aliphatic heterocycles. The van der Waals surface area contributed by atoms with Crippen LogP contribution in [-0.4, -0.2) is 26.9 Å². The van der Waals surface area contributed by atoms with Gasteiger partial charge in [-0.3, -0.25) is 4.79 Å². The Bertz CT molecular complexity index is 1420. The zero-order chi connectivity index (χ0) is 28.8. The molecule has 2 aromatic carbocycles. The average Bonchev–Trinajstić information content (AvgIpc) is 2.80. The second-order valence-electron chi connectivity index (χ2n) is 8.61. The highest BCUT2D eigenvalue weighted by Gasteiger charge is 2.59. The van der Waals surface area contributed by atoms with Crippen LogP contribution in [0.4, 0.5) is 26.3 Å². The van der Waals surface area contributed by atoms with Gasteiger partial charge in [0.2, 0.25) is 0 Å². The summed E-state index contributed by atoms with van der Waals surface area (Å²) in [6.45, 7) is 2.38. The third kappa shape index (κ3) is 5.37. The smallest absolute Gasteiger partial charge is 0.422 e. The SMILES string of the molecule is Cc1cc(C(O)(C(C)c2ccc(Oc3ccc(C(=O)O)c(C(F)(F)F)c3)cc2Cl)C(F)(F)F)cn(C)c1=O. The first-order chi connectivity index (χ1) is 17.4. The van der Waals surface area contributed by atoms with Crippen molar-refractivity contribution in [1.82, 2.24) is 4.57 Å². The van der Waals surface area contributed by atoms with E-state index in [1.807, 2.05) is 0 Å². The Morgan fingerprint density at radius 2 is 1.61 bits per heavy atom. The number of aromatic nitrogens is 1. The number of aryl methyl sites for hydroxylation is 2. The van der Waals surface area contributed by atoms with Gasteiger partial charge in [-0.05, 0) is 48.9 Å². The van der Waals surface area contributed by atoms with Crippen molar-refractivity contribution >= 4 is 17.6 Å². The van der Waals surface area contributed by atoms with Gasteiger partial charge in [-0.1, -0.05) is 24.6 Å². The normalized spacial score (nSPS) is 14.6. The number of carboxylic acid groups (broad SMARTS) is 1. The van der Waals surface area contributed by atoms with Gasteiger partial charge in [0.15, 0.2) is 5.60 Å². The number of aromatic carboxylic acids is 1. The van der Waals surface area contributed by atoms with Crippen molar-refractivity contribution in [3.8, 4) is 11.5 Å². The van der Waals surface area contributed by atoms with E-state index >= 15 is 0 Å². The molecule has 0 fully saturated rings. The molecule has 0 amide bonds. The van der Waals surface area contributed by atoms with Crippen LogP contribution in [0, 0.1) is 6.92 Å². The molecule has 1 aromatic heterocycles. The molecule has 0 aliphatic rings. The molecule has 2 unspecified atom stereocenters. The van der Waals surface area contributed by atoms with Crippen LogP contribution in [-0.2, 0) is 18.8 Å². The van der Waals surface area contributed by atoms with Crippen molar-refractivity contribution in [1.29, 1.82) is 0 Å².